The molecule has 1 aromatic carbocycles. The number of nitrogens with zero attached hydrogens (tertiary/aromatic N) is 1. The van der Waals surface area contributed by atoms with E-state index in [1.165, 1.54) is 0 Å². The largest absolute Gasteiger partial charge is 0.494 e. The average molecular weight is 267 g/mol. The third-order valence-corrected chi connectivity index (χ3v) is 3.18. The van der Waals surface area contributed by atoms with Crippen molar-refractivity contribution in [2.75, 3.05) is 19.7 Å². The van der Waals surface area contributed by atoms with Crippen molar-refractivity contribution in [3.8, 4) is 5.75 Å². The Morgan fingerprint density at radius 2 is 2.06 bits per heavy atom. The molecule has 1 aliphatic heterocycles. The molecule has 0 aromatic heterocycles. The van der Waals surface area contributed by atoms with Gasteiger partial charge in [-0.2, -0.15) is 0 Å². The van der Waals surface area contributed by atoms with Gasteiger partial charge in [-0.15, -0.1) is 0 Å². The molecule has 0 atom stereocenters. The Bertz CT molecular complexity index is 391. The van der Waals surface area contributed by atoms with E-state index in [0.717, 1.165) is 31.7 Å². The molecule has 2 rings (SSSR count). The van der Waals surface area contributed by atoms with Crippen molar-refractivity contribution in [1.82, 2.24) is 4.90 Å². The topological polar surface area (TPSA) is 29.5 Å². The Morgan fingerprint density at radius 3 is 2.78 bits per heavy atom. The zero-order chi connectivity index (χ0) is 12.8. The Morgan fingerprint density at radius 1 is 1.28 bits per heavy atom. The number of rotatable bonds is 5. The van der Waals surface area contributed by atoms with Crippen LogP contribution in [0, 0.1) is 6.42 Å². The maximum absolute atomic E-state index is 11.5. The summed E-state index contributed by atoms with van der Waals surface area (Å²) in [6.45, 7) is 2.25. The average Bonchev–Trinajstić information content (AvgIpc) is 2.39. The van der Waals surface area contributed by atoms with Crippen molar-refractivity contribution >= 4 is 17.5 Å². The normalized spacial score (nSPS) is 15.8. The van der Waals surface area contributed by atoms with Gasteiger partial charge in [0, 0.05) is 24.5 Å². The van der Waals surface area contributed by atoms with Gasteiger partial charge in [-0.25, -0.2) is 0 Å². The Hall–Kier alpha value is -1.22. The minimum absolute atomic E-state index is 0.229. The number of likely N-dealkylation sites (tertiary alicyclic amines) is 1. The molecule has 1 aliphatic rings. The Balaban J connectivity index is 1.66. The van der Waals surface area contributed by atoms with Crippen molar-refractivity contribution in [3.63, 3.8) is 0 Å². The molecule has 1 aromatic rings. The second-order valence-corrected chi connectivity index (χ2v) is 4.75. The van der Waals surface area contributed by atoms with Gasteiger partial charge in [0.15, 0.2) is 0 Å². The molecule has 0 saturated carbocycles. The monoisotopic (exact) mass is 266 g/mol. The van der Waals surface area contributed by atoms with E-state index in [1.54, 1.807) is 12.1 Å². The van der Waals surface area contributed by atoms with Crippen LogP contribution in [0.25, 0.3) is 0 Å². The number of carbonyl (C=O) groups is 1. The highest BCUT2D eigenvalue weighted by molar-refractivity contribution is 6.30. The molecule has 1 fully saturated rings. The van der Waals surface area contributed by atoms with Gasteiger partial charge < -0.3 is 9.64 Å². The summed E-state index contributed by atoms with van der Waals surface area (Å²) >= 11 is 5.79. The summed E-state index contributed by atoms with van der Waals surface area (Å²) in [5, 5.41) is 0.706. The van der Waals surface area contributed by atoms with Crippen LogP contribution in [0.2, 0.25) is 5.02 Å². The van der Waals surface area contributed by atoms with Crippen molar-refractivity contribution in [3.05, 3.63) is 35.7 Å². The second kappa shape index (κ2) is 6.64. The van der Waals surface area contributed by atoms with Crippen molar-refractivity contribution in [1.29, 1.82) is 0 Å². The van der Waals surface area contributed by atoms with Gasteiger partial charge in [0.2, 0.25) is 5.91 Å². The molecular weight excluding hydrogens is 250 g/mol. The number of piperidine rings is 1. The van der Waals surface area contributed by atoms with Gasteiger partial charge in [0.05, 0.1) is 6.61 Å². The number of amides is 1. The van der Waals surface area contributed by atoms with Crippen LogP contribution in [0.1, 0.15) is 19.3 Å². The molecule has 0 aliphatic carbocycles. The lowest BCUT2D eigenvalue weighted by Gasteiger charge is -2.26. The maximum atomic E-state index is 11.5. The van der Waals surface area contributed by atoms with Crippen molar-refractivity contribution in [2.45, 2.75) is 19.3 Å². The van der Waals surface area contributed by atoms with Gasteiger partial charge >= 0.3 is 0 Å². The predicted molar refractivity (Wildman–Crippen MR) is 71.7 cm³/mol. The number of carbonyl (C=O) groups excluding carboxylic acids is 1. The highest BCUT2D eigenvalue weighted by Gasteiger charge is 2.17. The third-order valence-electron chi connectivity index (χ3n) is 2.93. The first-order valence-corrected chi connectivity index (χ1v) is 6.61. The highest BCUT2D eigenvalue weighted by atomic mass is 35.5. The maximum Gasteiger partial charge on any atom is 0.222 e. The summed E-state index contributed by atoms with van der Waals surface area (Å²) in [7, 11) is 0. The fourth-order valence-corrected chi connectivity index (χ4v) is 2.07. The van der Waals surface area contributed by atoms with Crippen molar-refractivity contribution in [2.24, 2.45) is 0 Å². The van der Waals surface area contributed by atoms with E-state index in [2.05, 4.69) is 0 Å². The van der Waals surface area contributed by atoms with Gasteiger partial charge in [-0.05, 0) is 43.5 Å². The first kappa shape index (κ1) is 13.2. The lowest BCUT2D eigenvalue weighted by atomic mass is 10.1. The summed E-state index contributed by atoms with van der Waals surface area (Å²) in [5.41, 5.74) is 0. The molecule has 4 heteroatoms. The van der Waals surface area contributed by atoms with E-state index in [1.807, 2.05) is 23.5 Å². The van der Waals surface area contributed by atoms with Gasteiger partial charge in [0.25, 0.3) is 0 Å². The van der Waals surface area contributed by atoms with Gasteiger partial charge in [-0.1, -0.05) is 11.6 Å². The van der Waals surface area contributed by atoms with E-state index in [4.69, 9.17) is 16.3 Å². The van der Waals surface area contributed by atoms with Gasteiger partial charge in [-0.3, -0.25) is 4.79 Å². The molecule has 1 amide bonds. The number of hydrogen-bond donors (Lipinski definition) is 0. The van der Waals surface area contributed by atoms with Crippen LogP contribution in [-0.2, 0) is 4.79 Å². The molecular formula is C14H17ClNO2. The fourth-order valence-electron chi connectivity index (χ4n) is 1.94. The lowest BCUT2D eigenvalue weighted by molar-refractivity contribution is -0.132. The zero-order valence-corrected chi connectivity index (χ0v) is 11.0. The zero-order valence-electron chi connectivity index (χ0n) is 10.3. The van der Waals surface area contributed by atoms with E-state index in [0.29, 0.717) is 18.1 Å². The highest BCUT2D eigenvalue weighted by Crippen LogP contribution is 2.16. The molecule has 1 radical (unpaired) electrons. The van der Waals surface area contributed by atoms with Crippen LogP contribution in [0.3, 0.4) is 0 Å². The van der Waals surface area contributed by atoms with Crippen LogP contribution < -0.4 is 4.74 Å². The molecule has 1 saturated heterocycles. The Kier molecular flexibility index (Phi) is 4.88. The van der Waals surface area contributed by atoms with Crippen LogP contribution >= 0.6 is 11.6 Å². The summed E-state index contributed by atoms with van der Waals surface area (Å²) < 4.78 is 5.58. The quantitative estimate of drug-likeness (QED) is 0.767. The van der Waals surface area contributed by atoms with E-state index in [-0.39, 0.29) is 5.91 Å². The predicted octanol–water partition coefficient (Wildman–Crippen LogP) is 2.94. The van der Waals surface area contributed by atoms with Crippen LogP contribution in [-0.4, -0.2) is 30.5 Å². The summed E-state index contributed by atoms with van der Waals surface area (Å²) in [6.07, 6.45) is 4.49. The molecule has 3 nitrogen and oxygen atoms in total. The summed E-state index contributed by atoms with van der Waals surface area (Å²) in [5.74, 6) is 1.05. The number of ether oxygens (including phenoxy) is 1. The van der Waals surface area contributed by atoms with Gasteiger partial charge in [0.1, 0.15) is 5.75 Å². The molecule has 18 heavy (non-hydrogen) atoms. The second-order valence-electron chi connectivity index (χ2n) is 4.32. The number of halogens is 1. The number of benzene rings is 1. The molecule has 0 N–H and O–H groups in total. The molecule has 97 valence electrons. The van der Waals surface area contributed by atoms with Crippen LogP contribution in [0.4, 0.5) is 0 Å². The fraction of sp³-hybridized carbons (Fsp3) is 0.429. The minimum atomic E-state index is 0.229. The van der Waals surface area contributed by atoms with Crippen LogP contribution in [0.15, 0.2) is 24.3 Å². The van der Waals surface area contributed by atoms with E-state index < -0.39 is 0 Å². The Labute approximate surface area is 113 Å². The smallest absolute Gasteiger partial charge is 0.222 e. The summed E-state index contributed by atoms with van der Waals surface area (Å²) in [4.78, 5) is 13.4. The standard InChI is InChI=1S/C14H17ClNO2/c15-12-5-7-13(8-6-12)18-11-3-10-16-9-2-1-4-14(16)17/h1,5-8H,2-4,9-11H2. The number of hydrogen-bond acceptors (Lipinski definition) is 2. The lowest BCUT2D eigenvalue weighted by Crippen LogP contribution is -2.36. The minimum Gasteiger partial charge on any atom is -0.494 e. The third kappa shape index (κ3) is 3.91. The molecule has 0 unspecified atom stereocenters. The molecule has 1 heterocycles. The van der Waals surface area contributed by atoms with Crippen LogP contribution in [0.5, 0.6) is 5.75 Å². The molecule has 0 bridgehead atoms. The van der Waals surface area contributed by atoms with E-state index in [9.17, 15) is 4.79 Å². The summed E-state index contributed by atoms with van der Waals surface area (Å²) in [6, 6.07) is 7.31. The first-order valence-electron chi connectivity index (χ1n) is 6.23. The van der Waals surface area contributed by atoms with Crippen molar-refractivity contribution < 1.29 is 9.53 Å². The molecule has 0 spiro atoms. The SMILES string of the molecule is O=C1C[CH]CCN1CCCOc1ccc(Cl)cc1. The first-order chi connectivity index (χ1) is 8.75. The van der Waals surface area contributed by atoms with E-state index >= 15 is 0 Å².